The van der Waals surface area contributed by atoms with E-state index < -0.39 is 25.6 Å². The normalized spacial score (nSPS) is 20.7. The minimum absolute atomic E-state index is 0.0435. The summed E-state index contributed by atoms with van der Waals surface area (Å²) >= 11 is 1.16. The smallest absolute Gasteiger partial charge is 0.249 e. The summed E-state index contributed by atoms with van der Waals surface area (Å²) in [6.45, 7) is 21.5. The first-order valence-electron chi connectivity index (χ1n) is 12.7. The second kappa shape index (κ2) is 13.5. The van der Waals surface area contributed by atoms with Crippen LogP contribution in [0.15, 0.2) is 12.2 Å². The van der Waals surface area contributed by atoms with Crippen LogP contribution in [0.5, 0.6) is 0 Å². The number of thioether (sulfide) groups is 1. The SMILES string of the molecule is C[C@H](C/C=C/C(=O)SCCNC(=O)CCNC(=O)[C@@H]1OC(C)(C)OCC1(C)C)O[Si](C)(C)C(C)(C)C. The Balaban J connectivity index is 2.24. The van der Waals surface area contributed by atoms with Gasteiger partial charge in [0.1, 0.15) is 6.10 Å². The van der Waals surface area contributed by atoms with Crippen LogP contribution < -0.4 is 10.6 Å². The van der Waals surface area contributed by atoms with Gasteiger partial charge in [-0.3, -0.25) is 14.4 Å². The van der Waals surface area contributed by atoms with Crippen LogP contribution in [-0.2, 0) is 28.3 Å². The molecule has 2 N–H and O–H groups in total. The Morgan fingerprint density at radius 3 is 2.39 bits per heavy atom. The number of hydrogen-bond donors (Lipinski definition) is 2. The summed E-state index contributed by atoms with van der Waals surface area (Å²) in [5.41, 5.74) is -0.462. The molecule has 8 nitrogen and oxygen atoms in total. The number of carbonyl (C=O) groups is 3. The summed E-state index contributed by atoms with van der Waals surface area (Å²) in [6, 6.07) is 0. The summed E-state index contributed by atoms with van der Waals surface area (Å²) in [4.78, 5) is 36.7. The number of hydrogen-bond acceptors (Lipinski definition) is 7. The largest absolute Gasteiger partial charge is 0.414 e. The van der Waals surface area contributed by atoms with Crippen molar-refractivity contribution in [1.82, 2.24) is 10.6 Å². The summed E-state index contributed by atoms with van der Waals surface area (Å²) in [7, 11) is -1.82. The summed E-state index contributed by atoms with van der Waals surface area (Å²) < 4.78 is 17.7. The van der Waals surface area contributed by atoms with E-state index in [9.17, 15) is 14.4 Å². The molecule has 208 valence electrons. The number of carbonyl (C=O) groups excluding carboxylic acids is 3. The highest BCUT2D eigenvalue weighted by Crippen LogP contribution is 2.37. The zero-order valence-corrected chi connectivity index (χ0v) is 25.7. The third kappa shape index (κ3) is 11.5. The highest BCUT2D eigenvalue weighted by atomic mass is 32.2. The molecule has 0 radical (unpaired) electrons. The minimum Gasteiger partial charge on any atom is -0.414 e. The lowest BCUT2D eigenvalue weighted by atomic mass is 9.85. The fourth-order valence-electron chi connectivity index (χ4n) is 3.28. The lowest BCUT2D eigenvalue weighted by Crippen LogP contribution is -2.56. The van der Waals surface area contributed by atoms with Crippen LogP contribution in [0.25, 0.3) is 0 Å². The van der Waals surface area contributed by atoms with Crippen molar-refractivity contribution < 1.29 is 28.3 Å². The van der Waals surface area contributed by atoms with Crippen molar-refractivity contribution in [2.24, 2.45) is 5.41 Å². The summed E-state index contributed by atoms with van der Waals surface area (Å²) in [5, 5.41) is 5.67. The molecule has 0 bridgehead atoms. The highest BCUT2D eigenvalue weighted by Gasteiger charge is 2.45. The molecular weight excluding hydrogens is 496 g/mol. The number of amides is 2. The fraction of sp³-hybridized carbons (Fsp3) is 0.808. The van der Waals surface area contributed by atoms with E-state index >= 15 is 0 Å². The van der Waals surface area contributed by atoms with Gasteiger partial charge in [0, 0.05) is 36.8 Å². The van der Waals surface area contributed by atoms with Crippen molar-refractivity contribution in [3.63, 3.8) is 0 Å². The Morgan fingerprint density at radius 2 is 1.78 bits per heavy atom. The standard InChI is InChI=1S/C26H48N2O6SSi/c1-19(34-36(9,10)24(2,3)4)12-11-13-21(30)35-17-16-27-20(29)14-15-28-23(31)22-25(5,6)18-32-26(7,8)33-22/h11,13,19,22H,12,14-18H2,1-10H3,(H,27,29)(H,28,31)/b13-11+/t19-,22+/m1/s1. The van der Waals surface area contributed by atoms with Crippen LogP contribution in [0.2, 0.25) is 18.1 Å². The quantitative estimate of drug-likeness (QED) is 0.213. The molecular formula is C26H48N2O6SSi. The molecule has 1 heterocycles. The van der Waals surface area contributed by atoms with Gasteiger partial charge in [0.25, 0.3) is 0 Å². The van der Waals surface area contributed by atoms with Gasteiger partial charge in [-0.05, 0) is 51.4 Å². The van der Waals surface area contributed by atoms with Crippen LogP contribution in [0.4, 0.5) is 0 Å². The van der Waals surface area contributed by atoms with Crippen molar-refractivity contribution in [3.8, 4) is 0 Å². The second-order valence-electron chi connectivity index (χ2n) is 12.1. The first-order chi connectivity index (χ1) is 16.4. The minimum atomic E-state index is -1.82. The second-order valence-corrected chi connectivity index (χ2v) is 17.9. The molecule has 10 heteroatoms. The maximum atomic E-state index is 12.6. The van der Waals surface area contributed by atoms with Crippen molar-refractivity contribution in [2.75, 3.05) is 25.4 Å². The highest BCUT2D eigenvalue weighted by molar-refractivity contribution is 8.14. The molecule has 0 aromatic carbocycles. The van der Waals surface area contributed by atoms with Crippen LogP contribution in [0, 0.1) is 5.41 Å². The zero-order valence-electron chi connectivity index (χ0n) is 23.9. The molecule has 1 aliphatic heterocycles. The van der Waals surface area contributed by atoms with Gasteiger partial charge >= 0.3 is 0 Å². The van der Waals surface area contributed by atoms with Gasteiger partial charge in [0.05, 0.1) is 6.61 Å². The average Bonchev–Trinajstić information content (AvgIpc) is 2.72. The zero-order chi connectivity index (χ0) is 27.8. The summed E-state index contributed by atoms with van der Waals surface area (Å²) in [5.74, 6) is -0.768. The molecule has 0 unspecified atom stereocenters. The molecule has 2 atom stereocenters. The van der Waals surface area contributed by atoms with Gasteiger partial charge in [-0.25, -0.2) is 0 Å². The molecule has 0 spiro atoms. The molecule has 1 rings (SSSR count). The number of nitrogens with one attached hydrogen (secondary N) is 2. The molecule has 2 amide bonds. The summed E-state index contributed by atoms with van der Waals surface area (Å²) in [6.07, 6.45) is 3.70. The predicted octanol–water partition coefficient (Wildman–Crippen LogP) is 4.40. The van der Waals surface area contributed by atoms with Gasteiger partial charge < -0.3 is 24.5 Å². The van der Waals surface area contributed by atoms with Crippen molar-refractivity contribution >= 4 is 37.0 Å². The van der Waals surface area contributed by atoms with E-state index in [1.54, 1.807) is 19.9 Å². The number of ether oxygens (including phenoxy) is 2. The van der Waals surface area contributed by atoms with Gasteiger partial charge in [0.15, 0.2) is 14.1 Å². The maximum Gasteiger partial charge on any atom is 0.249 e. The van der Waals surface area contributed by atoms with Crippen LogP contribution in [0.3, 0.4) is 0 Å². The Morgan fingerprint density at radius 1 is 1.14 bits per heavy atom. The van der Waals surface area contributed by atoms with Crippen molar-refractivity contribution in [1.29, 1.82) is 0 Å². The van der Waals surface area contributed by atoms with E-state index in [2.05, 4.69) is 44.5 Å². The third-order valence-corrected chi connectivity index (χ3v) is 11.9. The fourth-order valence-corrected chi connectivity index (χ4v) is 5.33. The van der Waals surface area contributed by atoms with E-state index in [1.807, 2.05) is 26.8 Å². The first kappa shape index (κ1) is 32.8. The van der Waals surface area contributed by atoms with Crippen LogP contribution in [0.1, 0.15) is 68.2 Å². The Hall–Kier alpha value is -1.20. The van der Waals surface area contributed by atoms with Crippen molar-refractivity contribution in [3.05, 3.63) is 12.2 Å². The molecule has 0 aromatic rings. The molecule has 1 aliphatic rings. The monoisotopic (exact) mass is 544 g/mol. The van der Waals surface area contributed by atoms with E-state index in [0.29, 0.717) is 25.3 Å². The molecule has 1 fully saturated rings. The van der Waals surface area contributed by atoms with Crippen LogP contribution >= 0.6 is 11.8 Å². The average molecular weight is 545 g/mol. The molecule has 36 heavy (non-hydrogen) atoms. The lowest BCUT2D eigenvalue weighted by Gasteiger charge is -2.44. The van der Waals surface area contributed by atoms with Gasteiger partial charge in [-0.2, -0.15) is 0 Å². The van der Waals surface area contributed by atoms with Crippen LogP contribution in [-0.4, -0.2) is 68.7 Å². The van der Waals surface area contributed by atoms with Gasteiger partial charge in [-0.1, -0.05) is 52.5 Å². The Kier molecular flexibility index (Phi) is 12.4. The lowest BCUT2D eigenvalue weighted by molar-refractivity contribution is -0.304. The van der Waals surface area contributed by atoms with Gasteiger partial charge in [-0.15, -0.1) is 0 Å². The maximum absolute atomic E-state index is 12.6. The van der Waals surface area contributed by atoms with E-state index in [4.69, 9.17) is 13.9 Å². The third-order valence-electron chi connectivity index (χ3n) is 6.49. The van der Waals surface area contributed by atoms with E-state index in [-0.39, 0.29) is 41.0 Å². The predicted molar refractivity (Wildman–Crippen MR) is 148 cm³/mol. The Bertz CT molecular complexity index is 792. The van der Waals surface area contributed by atoms with E-state index in [0.717, 1.165) is 11.8 Å². The molecule has 0 saturated carbocycles. The molecule has 0 aliphatic carbocycles. The van der Waals surface area contributed by atoms with Crippen molar-refractivity contribution in [2.45, 2.75) is 104 Å². The molecule has 0 aromatic heterocycles. The molecule has 1 saturated heterocycles. The van der Waals surface area contributed by atoms with Gasteiger partial charge in [0.2, 0.25) is 16.9 Å². The number of rotatable bonds is 12. The first-order valence-corrected chi connectivity index (χ1v) is 16.6. The van der Waals surface area contributed by atoms with E-state index in [1.165, 1.54) is 0 Å². The topological polar surface area (TPSA) is 103 Å². The Labute approximate surface area is 223 Å².